The zero-order chi connectivity index (χ0) is 57.7. The maximum Gasteiger partial charge on any atom is 0.225 e. The molecule has 0 aromatic heterocycles. The van der Waals surface area contributed by atoms with Gasteiger partial charge in [-0.1, -0.05) is 133 Å². The van der Waals surface area contributed by atoms with E-state index in [2.05, 4.69) is 93.7 Å². The second-order valence-corrected chi connectivity index (χ2v) is 29.4. The fourth-order valence-electron chi connectivity index (χ4n) is 15.3. The molecule has 5 aliphatic carbocycles. The molecule has 0 spiro atoms. The summed E-state index contributed by atoms with van der Waals surface area (Å²) in [7, 11) is 0. The van der Waals surface area contributed by atoms with Crippen molar-refractivity contribution in [2.75, 3.05) is 65.4 Å². The average molecular weight is 1120 g/mol. The fraction of sp³-hybridized carbons (Fsp3) is 0.929. The van der Waals surface area contributed by atoms with Crippen LogP contribution in [-0.4, -0.2) is 119 Å². The first-order chi connectivity index (χ1) is 38.4. The minimum Gasteiger partial charge on any atom is -0.342 e. The zero-order valence-corrected chi connectivity index (χ0v) is 53.7. The van der Waals surface area contributed by atoms with Crippen LogP contribution in [0.5, 0.6) is 0 Å². The molecule has 0 aromatic carbocycles. The molecule has 0 radical (unpaired) electrons. The Morgan fingerprint density at radius 3 is 0.512 bits per heavy atom. The van der Waals surface area contributed by atoms with Crippen LogP contribution in [-0.2, 0) is 24.0 Å². The van der Waals surface area contributed by atoms with E-state index in [0.29, 0.717) is 59.1 Å². The Hall–Kier alpha value is -2.65. The topological polar surface area (TPSA) is 102 Å². The largest absolute Gasteiger partial charge is 0.342 e. The molecule has 5 amide bonds. The molecule has 80 heavy (non-hydrogen) atoms. The van der Waals surface area contributed by atoms with Crippen LogP contribution in [0.25, 0.3) is 0 Å². The number of amides is 5. The normalized spacial score (nSPS) is 24.3. The standard InChI is InChI=1S/C16H29NO.C15H27NO.C14H25NO.C13H23NO.C12H21NO/c1-13(2)14-9-11-17(12-10-14)16(18)15-7-5-3-4-6-8-15;1-12(2)13-8-10-16(11-9-13)15(17)14-6-4-3-5-7-14;1-11(2)12-7-9-15(10-8-12)14(16)13-5-3-4-6-13;1-10(2)11-6-8-14(9-7-11)13(15)12-4-3-5-12;1-9(2)10-5-7-13(8-6-10)12(14)11-3-4-11/h13-15H,3-12H2,1-2H3;12-14H,3-11H2,1-2H3;11-13H,3-10H2,1-2H3;10-12H,3-9H2,1-2H3;9-11H,3-8H2,1-2H3. The van der Waals surface area contributed by atoms with E-state index < -0.39 is 0 Å². The van der Waals surface area contributed by atoms with Gasteiger partial charge in [-0.15, -0.1) is 0 Å². The smallest absolute Gasteiger partial charge is 0.225 e. The lowest BCUT2D eigenvalue weighted by Crippen LogP contribution is -2.44. The fourth-order valence-corrected chi connectivity index (χ4v) is 15.3. The maximum absolute atomic E-state index is 12.5. The quantitative estimate of drug-likeness (QED) is 0.203. The summed E-state index contributed by atoms with van der Waals surface area (Å²) in [6, 6.07) is 0. The Morgan fingerprint density at radius 1 is 0.212 bits per heavy atom. The molecule has 5 saturated heterocycles. The summed E-state index contributed by atoms with van der Waals surface area (Å²) in [6.07, 6.45) is 36.4. The highest BCUT2D eigenvalue weighted by molar-refractivity contribution is 5.81. The third kappa shape index (κ3) is 21.1. The molecule has 5 aliphatic heterocycles. The van der Waals surface area contributed by atoms with Crippen LogP contribution in [0.1, 0.15) is 262 Å². The second kappa shape index (κ2) is 34.3. The van der Waals surface area contributed by atoms with Gasteiger partial charge >= 0.3 is 0 Å². The lowest BCUT2D eigenvalue weighted by Gasteiger charge is -2.37. The van der Waals surface area contributed by atoms with Crippen molar-refractivity contribution < 1.29 is 24.0 Å². The number of rotatable bonds is 10. The predicted molar refractivity (Wildman–Crippen MR) is 331 cm³/mol. The van der Waals surface area contributed by atoms with Crippen LogP contribution in [0.15, 0.2) is 0 Å². The van der Waals surface area contributed by atoms with E-state index in [4.69, 9.17) is 0 Å². The van der Waals surface area contributed by atoms with Gasteiger partial charge in [-0.3, -0.25) is 24.0 Å². The molecule has 10 rings (SSSR count). The Balaban J connectivity index is 0.000000162. The third-order valence-electron chi connectivity index (χ3n) is 22.2. The molecule has 460 valence electrons. The minimum absolute atomic E-state index is 0.350. The number of carbonyl (C=O) groups is 5. The van der Waals surface area contributed by atoms with E-state index >= 15 is 0 Å². The Labute approximate surface area is 491 Å². The molecule has 10 aliphatic rings. The van der Waals surface area contributed by atoms with Crippen molar-refractivity contribution in [3.8, 4) is 0 Å². The van der Waals surface area contributed by atoms with Crippen molar-refractivity contribution in [1.29, 1.82) is 0 Å². The summed E-state index contributed by atoms with van der Waals surface area (Å²) in [5, 5.41) is 0. The molecule has 10 nitrogen and oxygen atoms in total. The summed E-state index contributed by atoms with van der Waals surface area (Å²) in [5.41, 5.74) is 0. The molecule has 5 saturated carbocycles. The van der Waals surface area contributed by atoms with E-state index in [1.807, 2.05) is 0 Å². The highest BCUT2D eigenvalue weighted by Gasteiger charge is 2.37. The monoisotopic (exact) mass is 1120 g/mol. The Bertz CT molecular complexity index is 1780. The molecular formula is C70H125N5O5. The number of hydrogen-bond donors (Lipinski definition) is 0. The van der Waals surface area contributed by atoms with Gasteiger partial charge in [0.25, 0.3) is 0 Å². The summed E-state index contributed by atoms with van der Waals surface area (Å²) in [5.74, 6) is 12.3. The summed E-state index contributed by atoms with van der Waals surface area (Å²) in [6.45, 7) is 33.2. The molecule has 10 fully saturated rings. The molecule has 0 bridgehead atoms. The van der Waals surface area contributed by atoms with Crippen molar-refractivity contribution in [1.82, 2.24) is 24.5 Å². The summed E-state index contributed by atoms with van der Waals surface area (Å²) in [4.78, 5) is 71.5. The van der Waals surface area contributed by atoms with E-state index in [1.165, 1.54) is 128 Å². The zero-order valence-electron chi connectivity index (χ0n) is 53.7. The molecule has 0 atom stereocenters. The average Bonchev–Trinajstić information content (AvgIpc) is 4.24. The molecule has 10 heteroatoms. The lowest BCUT2D eigenvalue weighted by atomic mass is 9.82. The Morgan fingerprint density at radius 2 is 0.362 bits per heavy atom. The Kier molecular flexibility index (Phi) is 28.5. The number of likely N-dealkylation sites (tertiary alicyclic amines) is 5. The van der Waals surface area contributed by atoms with Gasteiger partial charge < -0.3 is 24.5 Å². The van der Waals surface area contributed by atoms with Gasteiger partial charge in [-0.2, -0.15) is 0 Å². The molecule has 0 unspecified atom stereocenters. The first-order valence-electron chi connectivity index (χ1n) is 34.8. The van der Waals surface area contributed by atoms with Gasteiger partial charge in [-0.05, 0) is 188 Å². The van der Waals surface area contributed by atoms with Gasteiger partial charge in [0, 0.05) is 95.0 Å². The van der Waals surface area contributed by atoms with E-state index in [9.17, 15) is 24.0 Å². The maximum atomic E-state index is 12.5. The van der Waals surface area contributed by atoms with Crippen molar-refractivity contribution in [2.24, 2.45) is 88.8 Å². The van der Waals surface area contributed by atoms with E-state index in [0.717, 1.165) is 189 Å². The van der Waals surface area contributed by atoms with Gasteiger partial charge in [-0.25, -0.2) is 0 Å². The number of piperidine rings is 5. The highest BCUT2D eigenvalue weighted by Crippen LogP contribution is 2.36. The van der Waals surface area contributed by atoms with Gasteiger partial charge in [0.05, 0.1) is 0 Å². The first-order valence-corrected chi connectivity index (χ1v) is 34.8. The summed E-state index contributed by atoms with van der Waals surface area (Å²) >= 11 is 0. The first kappa shape index (κ1) is 66.5. The van der Waals surface area contributed by atoms with Crippen LogP contribution in [0.4, 0.5) is 0 Å². The van der Waals surface area contributed by atoms with Crippen LogP contribution >= 0.6 is 0 Å². The number of carbonyl (C=O) groups excluding carboxylic acids is 5. The minimum atomic E-state index is 0.350. The van der Waals surface area contributed by atoms with Crippen molar-refractivity contribution in [2.45, 2.75) is 262 Å². The van der Waals surface area contributed by atoms with E-state index in [-0.39, 0.29) is 0 Å². The van der Waals surface area contributed by atoms with Crippen LogP contribution in [0, 0.1) is 88.8 Å². The van der Waals surface area contributed by atoms with Crippen molar-refractivity contribution in [3.63, 3.8) is 0 Å². The van der Waals surface area contributed by atoms with Gasteiger partial charge in [0.15, 0.2) is 0 Å². The van der Waals surface area contributed by atoms with Crippen molar-refractivity contribution in [3.05, 3.63) is 0 Å². The molecular weight excluding hydrogens is 991 g/mol. The summed E-state index contributed by atoms with van der Waals surface area (Å²) < 4.78 is 0. The van der Waals surface area contributed by atoms with Crippen molar-refractivity contribution >= 4 is 29.5 Å². The second-order valence-electron chi connectivity index (χ2n) is 29.4. The van der Waals surface area contributed by atoms with Crippen LogP contribution in [0.2, 0.25) is 0 Å². The highest BCUT2D eigenvalue weighted by atomic mass is 16.2. The van der Waals surface area contributed by atoms with Crippen LogP contribution < -0.4 is 0 Å². The molecule has 0 N–H and O–H groups in total. The SMILES string of the molecule is CC(C)C1CCN(C(=O)C2CC2)CC1.CC(C)C1CCN(C(=O)C2CCC2)CC1.CC(C)C1CCN(C(=O)C2CCCC2)CC1.CC(C)C1CCN(C(=O)C2CCCCC2)CC1.CC(C)C1CCN(C(=O)C2CCCCCC2)CC1. The lowest BCUT2D eigenvalue weighted by molar-refractivity contribution is -0.140. The van der Waals surface area contributed by atoms with Gasteiger partial charge in [0.1, 0.15) is 0 Å². The predicted octanol–water partition coefficient (Wildman–Crippen LogP) is 15.4. The molecule has 0 aromatic rings. The van der Waals surface area contributed by atoms with Crippen LogP contribution in [0.3, 0.4) is 0 Å². The van der Waals surface area contributed by atoms with E-state index in [1.54, 1.807) is 0 Å². The third-order valence-corrected chi connectivity index (χ3v) is 22.2. The van der Waals surface area contributed by atoms with Gasteiger partial charge in [0.2, 0.25) is 29.5 Å². The number of hydrogen-bond acceptors (Lipinski definition) is 5. The number of nitrogens with zero attached hydrogens (tertiary/aromatic N) is 5. The molecule has 5 heterocycles.